The van der Waals surface area contributed by atoms with Crippen molar-refractivity contribution < 1.29 is 9.47 Å². The lowest BCUT2D eigenvalue weighted by Crippen LogP contribution is -2.42. The summed E-state index contributed by atoms with van der Waals surface area (Å²) >= 11 is 0. The molecule has 1 N–H and O–H groups in total. The molecule has 1 aliphatic rings. The molecule has 0 radical (unpaired) electrons. The van der Waals surface area contributed by atoms with Crippen molar-refractivity contribution in [2.24, 2.45) is 0 Å². The highest BCUT2D eigenvalue weighted by Crippen LogP contribution is 2.12. The molecule has 0 amide bonds. The fraction of sp³-hybridized carbons (Fsp3) is 0.692. The first-order valence-electron chi connectivity index (χ1n) is 6.79. The van der Waals surface area contributed by atoms with Crippen molar-refractivity contribution in [2.45, 2.75) is 19.9 Å². The van der Waals surface area contributed by atoms with Gasteiger partial charge in [-0.1, -0.05) is 0 Å². The highest BCUT2D eigenvalue weighted by molar-refractivity contribution is 5.38. The molecule has 1 saturated heterocycles. The number of rotatable bonds is 6. The number of nitrogens with zero attached hydrogens (tertiary/aromatic N) is 3. The van der Waals surface area contributed by atoms with Crippen LogP contribution in [-0.2, 0) is 4.74 Å². The zero-order chi connectivity index (χ0) is 13.5. The number of morpholine rings is 1. The molecule has 2 heterocycles. The molecule has 0 spiro atoms. The molecule has 0 bridgehead atoms. The normalized spacial score (nSPS) is 18.0. The van der Waals surface area contributed by atoms with Crippen LogP contribution in [0.2, 0.25) is 0 Å². The van der Waals surface area contributed by atoms with Crippen molar-refractivity contribution in [1.29, 1.82) is 0 Å². The first kappa shape index (κ1) is 14.0. The first-order valence-corrected chi connectivity index (χ1v) is 6.79. The van der Waals surface area contributed by atoms with Gasteiger partial charge in [0.25, 0.3) is 0 Å². The number of hydrogen-bond donors (Lipinski definition) is 1. The Bertz CT molecular complexity index is 383. The largest absolute Gasteiger partial charge is 0.478 e. The van der Waals surface area contributed by atoms with Gasteiger partial charge in [-0.2, -0.15) is 0 Å². The molecule has 2 rings (SSSR count). The van der Waals surface area contributed by atoms with Crippen molar-refractivity contribution >= 4 is 5.82 Å². The quantitative estimate of drug-likeness (QED) is 0.829. The predicted octanol–water partition coefficient (Wildman–Crippen LogP) is 1.01. The average molecular weight is 266 g/mol. The smallest absolute Gasteiger partial charge is 0.218 e. The third-order valence-corrected chi connectivity index (χ3v) is 2.96. The number of anilines is 1. The number of hydrogen-bond acceptors (Lipinski definition) is 6. The van der Waals surface area contributed by atoms with Gasteiger partial charge in [-0.25, -0.2) is 9.97 Å². The van der Waals surface area contributed by atoms with Gasteiger partial charge in [0.2, 0.25) is 5.88 Å². The van der Waals surface area contributed by atoms with Crippen LogP contribution in [0.1, 0.15) is 13.8 Å². The molecule has 1 aromatic heterocycles. The molecular weight excluding hydrogens is 244 g/mol. The Kier molecular flexibility index (Phi) is 5.35. The molecule has 1 fully saturated rings. The lowest BCUT2D eigenvalue weighted by atomic mass is 10.3. The highest BCUT2D eigenvalue weighted by atomic mass is 16.5. The van der Waals surface area contributed by atoms with Gasteiger partial charge in [0.05, 0.1) is 19.8 Å². The topological polar surface area (TPSA) is 59.5 Å². The highest BCUT2D eigenvalue weighted by Gasteiger charge is 2.14. The zero-order valence-electron chi connectivity index (χ0n) is 11.6. The Morgan fingerprint density at radius 1 is 1.42 bits per heavy atom. The van der Waals surface area contributed by atoms with Crippen LogP contribution in [0.25, 0.3) is 0 Å². The molecule has 0 aliphatic carbocycles. The summed E-state index contributed by atoms with van der Waals surface area (Å²) in [4.78, 5) is 10.7. The second-order valence-corrected chi connectivity index (χ2v) is 4.63. The van der Waals surface area contributed by atoms with Crippen LogP contribution in [0.5, 0.6) is 5.88 Å². The summed E-state index contributed by atoms with van der Waals surface area (Å²) in [6.45, 7) is 9.34. The van der Waals surface area contributed by atoms with E-state index in [4.69, 9.17) is 9.47 Å². The summed E-state index contributed by atoms with van der Waals surface area (Å²) in [5.74, 6) is 1.41. The van der Waals surface area contributed by atoms with E-state index >= 15 is 0 Å². The van der Waals surface area contributed by atoms with E-state index in [1.807, 2.05) is 13.0 Å². The lowest BCUT2D eigenvalue weighted by Gasteiger charge is -2.29. The Hall–Kier alpha value is -1.40. The van der Waals surface area contributed by atoms with Crippen molar-refractivity contribution in [2.75, 3.05) is 44.8 Å². The number of ether oxygens (including phenoxy) is 2. The summed E-state index contributed by atoms with van der Waals surface area (Å²) in [6.07, 6.45) is 1.52. The summed E-state index contributed by atoms with van der Waals surface area (Å²) in [5, 5.41) is 3.37. The standard InChI is InChI=1S/C13H22N4O2/c1-3-19-13-8-12(14-10-15-13)16-11(2)9-17-4-6-18-7-5-17/h8,10-11H,3-7,9H2,1-2H3,(H,14,15,16). The lowest BCUT2D eigenvalue weighted by molar-refractivity contribution is 0.0368. The molecule has 6 heteroatoms. The van der Waals surface area contributed by atoms with Crippen LogP contribution in [0, 0.1) is 0 Å². The van der Waals surface area contributed by atoms with E-state index in [1.165, 1.54) is 6.33 Å². The maximum Gasteiger partial charge on any atom is 0.218 e. The van der Waals surface area contributed by atoms with Gasteiger partial charge in [-0.05, 0) is 13.8 Å². The zero-order valence-corrected chi connectivity index (χ0v) is 11.6. The Labute approximate surface area is 114 Å². The summed E-state index contributed by atoms with van der Waals surface area (Å²) in [5.41, 5.74) is 0. The number of nitrogens with one attached hydrogen (secondary N) is 1. The van der Waals surface area contributed by atoms with Gasteiger partial charge in [0.1, 0.15) is 12.1 Å². The van der Waals surface area contributed by atoms with E-state index in [0.717, 1.165) is 38.7 Å². The molecule has 0 saturated carbocycles. The fourth-order valence-corrected chi connectivity index (χ4v) is 2.11. The Morgan fingerprint density at radius 3 is 2.95 bits per heavy atom. The van der Waals surface area contributed by atoms with Crippen molar-refractivity contribution in [3.63, 3.8) is 0 Å². The molecule has 0 aromatic carbocycles. The van der Waals surface area contributed by atoms with Crippen LogP contribution < -0.4 is 10.1 Å². The van der Waals surface area contributed by atoms with Crippen LogP contribution >= 0.6 is 0 Å². The molecular formula is C13H22N4O2. The molecule has 6 nitrogen and oxygen atoms in total. The molecule has 1 aliphatic heterocycles. The third-order valence-electron chi connectivity index (χ3n) is 2.96. The molecule has 19 heavy (non-hydrogen) atoms. The summed E-state index contributed by atoms with van der Waals surface area (Å²) in [6, 6.07) is 2.15. The van der Waals surface area contributed by atoms with Crippen molar-refractivity contribution in [1.82, 2.24) is 14.9 Å². The summed E-state index contributed by atoms with van der Waals surface area (Å²) in [7, 11) is 0. The van der Waals surface area contributed by atoms with E-state index in [0.29, 0.717) is 18.5 Å². The SMILES string of the molecule is CCOc1cc(NC(C)CN2CCOCC2)ncn1. The predicted molar refractivity (Wildman–Crippen MR) is 73.5 cm³/mol. The van der Waals surface area contributed by atoms with Gasteiger partial charge >= 0.3 is 0 Å². The summed E-state index contributed by atoms with van der Waals surface area (Å²) < 4.78 is 10.7. The van der Waals surface area contributed by atoms with E-state index in [1.54, 1.807) is 0 Å². The molecule has 1 atom stereocenters. The van der Waals surface area contributed by atoms with E-state index in [9.17, 15) is 0 Å². The van der Waals surface area contributed by atoms with Crippen LogP contribution in [-0.4, -0.2) is 60.4 Å². The van der Waals surface area contributed by atoms with Crippen LogP contribution in [0.4, 0.5) is 5.82 Å². The van der Waals surface area contributed by atoms with Crippen LogP contribution in [0.15, 0.2) is 12.4 Å². The second-order valence-electron chi connectivity index (χ2n) is 4.63. The molecule has 1 aromatic rings. The minimum atomic E-state index is 0.322. The fourth-order valence-electron chi connectivity index (χ4n) is 2.11. The van der Waals surface area contributed by atoms with Crippen molar-refractivity contribution in [3.8, 4) is 5.88 Å². The van der Waals surface area contributed by atoms with Gasteiger partial charge in [-0.15, -0.1) is 0 Å². The van der Waals surface area contributed by atoms with Gasteiger partial charge < -0.3 is 14.8 Å². The minimum Gasteiger partial charge on any atom is -0.478 e. The molecule has 106 valence electrons. The first-order chi connectivity index (χ1) is 9.28. The third kappa shape index (κ3) is 4.65. The maximum atomic E-state index is 5.36. The van der Waals surface area contributed by atoms with E-state index < -0.39 is 0 Å². The van der Waals surface area contributed by atoms with Gasteiger partial charge in [-0.3, -0.25) is 4.90 Å². The van der Waals surface area contributed by atoms with E-state index in [-0.39, 0.29) is 0 Å². The van der Waals surface area contributed by atoms with Crippen molar-refractivity contribution in [3.05, 3.63) is 12.4 Å². The van der Waals surface area contributed by atoms with Gasteiger partial charge in [0, 0.05) is 31.7 Å². The minimum absolute atomic E-state index is 0.322. The Balaban J connectivity index is 1.83. The maximum absolute atomic E-state index is 5.36. The number of aromatic nitrogens is 2. The second kappa shape index (κ2) is 7.25. The van der Waals surface area contributed by atoms with E-state index in [2.05, 4.69) is 27.1 Å². The average Bonchev–Trinajstić information content (AvgIpc) is 2.40. The monoisotopic (exact) mass is 266 g/mol. The van der Waals surface area contributed by atoms with Gasteiger partial charge in [0.15, 0.2) is 0 Å². The molecule has 1 unspecified atom stereocenters. The van der Waals surface area contributed by atoms with Crippen LogP contribution in [0.3, 0.4) is 0 Å². The Morgan fingerprint density at radius 2 is 2.21 bits per heavy atom.